The predicted molar refractivity (Wildman–Crippen MR) is 114 cm³/mol. The molecule has 8 nitrogen and oxygen atoms in total. The maximum atomic E-state index is 13.0. The van der Waals surface area contributed by atoms with E-state index in [2.05, 4.69) is 22.2 Å². The number of anilines is 2. The average Bonchev–Trinajstić information content (AvgIpc) is 2.72. The molecule has 0 aliphatic rings. The number of methoxy groups -OCH3 is 3. The van der Waals surface area contributed by atoms with Gasteiger partial charge >= 0.3 is 179 Å². The van der Waals surface area contributed by atoms with E-state index in [1.165, 1.54) is 0 Å². The van der Waals surface area contributed by atoms with Gasteiger partial charge in [-0.3, -0.25) is 0 Å². The van der Waals surface area contributed by atoms with E-state index in [4.69, 9.17) is 14.2 Å². The Hall–Kier alpha value is -2.15. The normalized spacial score (nSPS) is 12.1. The fourth-order valence-corrected chi connectivity index (χ4v) is 4.49. The maximum absolute atomic E-state index is 13.0. The number of ether oxygens (including phenoxy) is 3. The summed E-state index contributed by atoms with van der Waals surface area (Å²) in [5, 5.41) is 2.93. The molecular weight excluding hydrogens is 435 g/mol. The van der Waals surface area contributed by atoms with E-state index in [-0.39, 0.29) is 21.8 Å². The van der Waals surface area contributed by atoms with Gasteiger partial charge in [-0.15, -0.1) is 0 Å². The molecule has 1 N–H and O–H groups in total. The minimum atomic E-state index is -0.279. The Morgan fingerprint density at radius 2 is 1.93 bits per heavy atom. The van der Waals surface area contributed by atoms with Gasteiger partial charge in [-0.2, -0.15) is 0 Å². The third-order valence-corrected chi connectivity index (χ3v) is 6.11. The molecule has 1 heterocycles. The first-order valence-corrected chi connectivity index (χ1v) is 11.3. The zero-order valence-corrected chi connectivity index (χ0v) is 19.2. The quantitative estimate of drug-likeness (QED) is 0.406. The van der Waals surface area contributed by atoms with Crippen molar-refractivity contribution in [2.75, 3.05) is 46.0 Å². The SMILES string of the molecule is COCCCNC(=O)N(c1ccc(OC)cc1)c1ccnc([As][C@@H](C)COC)n1. The van der Waals surface area contributed by atoms with Crippen LogP contribution in [-0.4, -0.2) is 72.8 Å². The van der Waals surface area contributed by atoms with Gasteiger partial charge in [-0.1, -0.05) is 0 Å². The van der Waals surface area contributed by atoms with Crippen LogP contribution in [0.25, 0.3) is 0 Å². The van der Waals surface area contributed by atoms with E-state index < -0.39 is 0 Å². The number of carbonyl (C=O) groups is 1. The van der Waals surface area contributed by atoms with Crippen LogP contribution in [0.5, 0.6) is 5.75 Å². The molecule has 2 aromatic rings. The fraction of sp³-hybridized carbons (Fsp3) is 0.450. The van der Waals surface area contributed by atoms with Gasteiger partial charge in [-0.05, 0) is 0 Å². The number of carbonyl (C=O) groups excluding carboxylic acids is 1. The second kappa shape index (κ2) is 12.4. The Morgan fingerprint density at radius 1 is 1.17 bits per heavy atom. The summed E-state index contributed by atoms with van der Waals surface area (Å²) in [4.78, 5) is 23.6. The number of hydrogen-bond acceptors (Lipinski definition) is 6. The molecule has 0 spiro atoms. The van der Waals surface area contributed by atoms with E-state index >= 15 is 0 Å². The van der Waals surface area contributed by atoms with E-state index in [9.17, 15) is 4.79 Å². The van der Waals surface area contributed by atoms with Crippen molar-refractivity contribution in [1.29, 1.82) is 0 Å². The number of hydrogen-bond donors (Lipinski definition) is 1. The number of aromatic nitrogens is 2. The molecule has 1 radical (unpaired) electrons. The molecule has 1 atom stereocenters. The Kier molecular flexibility index (Phi) is 9.91. The summed E-state index contributed by atoms with van der Waals surface area (Å²) in [6.07, 6.45) is 2.43. The summed E-state index contributed by atoms with van der Waals surface area (Å²) in [5.41, 5.74) is 0.695. The van der Waals surface area contributed by atoms with Gasteiger partial charge in [-0.25, -0.2) is 0 Å². The fourth-order valence-electron chi connectivity index (χ4n) is 2.58. The van der Waals surface area contributed by atoms with Crippen LogP contribution in [0.4, 0.5) is 16.3 Å². The van der Waals surface area contributed by atoms with Gasteiger partial charge in [0.1, 0.15) is 0 Å². The Bertz CT molecular complexity index is 760. The Morgan fingerprint density at radius 3 is 2.59 bits per heavy atom. The zero-order chi connectivity index (χ0) is 21.1. The first kappa shape index (κ1) is 23.1. The van der Waals surface area contributed by atoms with Crippen LogP contribution in [0.1, 0.15) is 13.3 Å². The monoisotopic (exact) mass is 463 g/mol. The van der Waals surface area contributed by atoms with Crippen LogP contribution < -0.4 is 19.6 Å². The zero-order valence-electron chi connectivity index (χ0n) is 17.3. The standard InChI is InChI=1S/C20H28AsN4O4/c1-15(14-28-3)21-19-22-12-10-18(24-19)25(20(26)23-11-5-13-27-2)16-6-8-17(29-4)9-7-16/h6-10,12,15H,5,11,13-14H2,1-4H3,(H,23,26)/t15-/m0/s1. The number of amides is 2. The van der Waals surface area contributed by atoms with E-state index in [1.807, 2.05) is 24.3 Å². The molecule has 0 saturated heterocycles. The van der Waals surface area contributed by atoms with Gasteiger partial charge in [0.05, 0.1) is 0 Å². The van der Waals surface area contributed by atoms with Gasteiger partial charge in [0, 0.05) is 0 Å². The van der Waals surface area contributed by atoms with Crippen molar-refractivity contribution in [2.45, 2.75) is 18.1 Å². The van der Waals surface area contributed by atoms with E-state index in [0.717, 1.165) is 16.8 Å². The minimum absolute atomic E-state index is 0.253. The van der Waals surface area contributed by atoms with Crippen LogP contribution in [0.15, 0.2) is 36.5 Å². The van der Waals surface area contributed by atoms with Crippen LogP contribution in [0.2, 0.25) is 4.71 Å². The molecule has 157 valence electrons. The van der Waals surface area contributed by atoms with Gasteiger partial charge in [0.25, 0.3) is 0 Å². The molecule has 0 saturated carbocycles. The van der Waals surface area contributed by atoms with Crippen molar-refractivity contribution < 1.29 is 19.0 Å². The third kappa shape index (κ3) is 7.31. The van der Waals surface area contributed by atoms with Gasteiger partial charge in [0.15, 0.2) is 0 Å². The first-order valence-electron chi connectivity index (χ1n) is 9.32. The molecule has 2 amide bonds. The van der Waals surface area contributed by atoms with Gasteiger partial charge in [0.2, 0.25) is 0 Å². The van der Waals surface area contributed by atoms with Crippen molar-refractivity contribution in [3.05, 3.63) is 36.5 Å². The van der Waals surface area contributed by atoms with Crippen LogP contribution >= 0.6 is 0 Å². The number of nitrogens with zero attached hydrogens (tertiary/aromatic N) is 3. The van der Waals surface area contributed by atoms with Crippen LogP contribution in [-0.2, 0) is 9.47 Å². The summed E-state index contributed by atoms with van der Waals surface area (Å²) >= 11 is -0.279. The molecule has 0 aliphatic heterocycles. The van der Waals surface area contributed by atoms with E-state index in [1.54, 1.807) is 38.5 Å². The van der Waals surface area contributed by atoms with Gasteiger partial charge < -0.3 is 0 Å². The molecule has 0 unspecified atom stereocenters. The van der Waals surface area contributed by atoms with Crippen molar-refractivity contribution in [3.63, 3.8) is 0 Å². The number of nitrogens with one attached hydrogen (secondary N) is 1. The van der Waals surface area contributed by atoms with Crippen LogP contribution in [0.3, 0.4) is 0 Å². The molecular formula is C20H28AsN4O4. The molecule has 1 aromatic heterocycles. The first-order chi connectivity index (χ1) is 14.1. The van der Waals surface area contributed by atoms with Crippen molar-refractivity contribution in [1.82, 2.24) is 15.3 Å². The predicted octanol–water partition coefficient (Wildman–Crippen LogP) is 2.15. The summed E-state index contributed by atoms with van der Waals surface area (Å²) in [5.74, 6) is 1.25. The Balaban J connectivity index is 2.27. The molecule has 0 bridgehead atoms. The second-order valence-corrected chi connectivity index (χ2v) is 9.49. The topological polar surface area (TPSA) is 85.8 Å². The molecule has 29 heavy (non-hydrogen) atoms. The second-order valence-electron chi connectivity index (χ2n) is 6.26. The Labute approximate surface area is 178 Å². The van der Waals surface area contributed by atoms with Crippen molar-refractivity contribution >= 4 is 37.9 Å². The average molecular weight is 463 g/mol. The molecule has 2 rings (SSSR count). The molecule has 0 aliphatic carbocycles. The molecule has 9 heteroatoms. The summed E-state index contributed by atoms with van der Waals surface area (Å²) in [6, 6.07) is 8.78. The summed E-state index contributed by atoms with van der Waals surface area (Å²) in [7, 11) is 4.94. The van der Waals surface area contributed by atoms with Crippen LogP contribution in [0, 0.1) is 0 Å². The summed E-state index contributed by atoms with van der Waals surface area (Å²) < 4.78 is 16.6. The third-order valence-electron chi connectivity index (χ3n) is 3.94. The van der Waals surface area contributed by atoms with Crippen molar-refractivity contribution in [2.24, 2.45) is 0 Å². The van der Waals surface area contributed by atoms with E-state index in [0.29, 0.717) is 36.0 Å². The molecule has 1 aromatic carbocycles. The summed E-state index contributed by atoms with van der Waals surface area (Å²) in [6.45, 7) is 3.87. The number of rotatable bonds is 11. The number of urea groups is 1. The molecule has 0 fully saturated rings. The van der Waals surface area contributed by atoms with Crippen molar-refractivity contribution in [3.8, 4) is 5.75 Å². The number of benzene rings is 1.